The number of hydroxylamine groups is 1. The summed E-state index contributed by atoms with van der Waals surface area (Å²) in [5.41, 5.74) is 0.0373. The maximum atomic E-state index is 12.2. The van der Waals surface area contributed by atoms with Gasteiger partial charge in [-0.05, 0) is 47.0 Å². The van der Waals surface area contributed by atoms with Crippen molar-refractivity contribution in [3.8, 4) is 0 Å². The number of hydrogen-bond donors (Lipinski definition) is 0. The Kier molecular flexibility index (Phi) is 5.56. The number of benzene rings is 1. The normalized spacial score (nSPS) is 18.4. The summed E-state index contributed by atoms with van der Waals surface area (Å²) in [5.74, 6) is -0.855. The molecule has 1 aliphatic rings. The van der Waals surface area contributed by atoms with E-state index >= 15 is 0 Å². The lowest BCUT2D eigenvalue weighted by molar-refractivity contribution is -0.124. The quantitative estimate of drug-likeness (QED) is 0.548. The fourth-order valence-corrected chi connectivity index (χ4v) is 3.58. The van der Waals surface area contributed by atoms with E-state index in [-0.39, 0.29) is 16.2 Å². The molecule has 0 radical (unpaired) electrons. The third-order valence-corrected chi connectivity index (χ3v) is 5.92. The van der Waals surface area contributed by atoms with E-state index in [1.54, 1.807) is 0 Å². The lowest BCUT2D eigenvalue weighted by Crippen LogP contribution is -2.26. The number of sulfonamides is 1. The van der Waals surface area contributed by atoms with E-state index in [9.17, 15) is 18.0 Å². The topological polar surface area (TPSA) is 90.0 Å². The zero-order valence-corrected chi connectivity index (χ0v) is 15.0. The molecule has 0 bridgehead atoms. The number of nitrogens with zero attached hydrogens (tertiary/aromatic N) is 1. The monoisotopic (exact) mass is 405 g/mol. The average molecular weight is 406 g/mol. The van der Waals surface area contributed by atoms with Crippen LogP contribution < -0.4 is 0 Å². The molecule has 0 unspecified atom stereocenters. The fraction of sp³-hybridized carbons (Fsp3) is 0.429. The summed E-state index contributed by atoms with van der Waals surface area (Å²) in [5, 5.41) is 0. The van der Waals surface area contributed by atoms with E-state index in [2.05, 4.69) is 15.9 Å². The highest BCUT2D eigenvalue weighted by Crippen LogP contribution is 2.26. The molecule has 126 valence electrons. The molecule has 0 saturated heterocycles. The van der Waals surface area contributed by atoms with Crippen molar-refractivity contribution in [1.29, 1.82) is 0 Å². The van der Waals surface area contributed by atoms with Gasteiger partial charge in [0.25, 0.3) is 10.0 Å². The molecule has 1 saturated carbocycles. The van der Waals surface area contributed by atoms with E-state index in [1.165, 1.54) is 32.4 Å². The van der Waals surface area contributed by atoms with Gasteiger partial charge in [-0.3, -0.25) is 9.63 Å². The summed E-state index contributed by atoms with van der Waals surface area (Å²) in [7, 11) is -1.42. The van der Waals surface area contributed by atoms with E-state index in [0.29, 0.717) is 28.2 Å². The van der Waals surface area contributed by atoms with Crippen molar-refractivity contribution in [2.45, 2.75) is 30.3 Å². The van der Waals surface area contributed by atoms with Gasteiger partial charge < -0.3 is 4.74 Å². The molecular formula is C14H16BrNO6S. The summed E-state index contributed by atoms with van der Waals surface area (Å²) >= 11 is 3.19. The Balaban J connectivity index is 2.30. The van der Waals surface area contributed by atoms with Gasteiger partial charge in [-0.15, -0.1) is 0 Å². The number of esters is 1. The number of rotatable bonds is 5. The Bertz CT molecular complexity index is 733. The predicted molar refractivity (Wildman–Crippen MR) is 84.2 cm³/mol. The van der Waals surface area contributed by atoms with E-state index in [0.717, 1.165) is 0 Å². The number of carbonyl (C=O) groups is 2. The number of Topliss-reactive ketones (excluding diaryl/α,β-unsaturated/α-hetero) is 1. The van der Waals surface area contributed by atoms with Gasteiger partial charge in [0.1, 0.15) is 0 Å². The van der Waals surface area contributed by atoms with Crippen LogP contribution in [0.3, 0.4) is 0 Å². The molecule has 1 aromatic carbocycles. The first-order chi connectivity index (χ1) is 10.8. The number of ketones is 1. The average Bonchev–Trinajstić information content (AvgIpc) is 2.91. The SMILES string of the molecule is CON(C)S(=O)(=O)c1ccc(Br)c(C(=O)O[C@H]2CCCC2=O)c1. The molecule has 7 nitrogen and oxygen atoms in total. The smallest absolute Gasteiger partial charge is 0.340 e. The van der Waals surface area contributed by atoms with Gasteiger partial charge in [-0.2, -0.15) is 0 Å². The van der Waals surface area contributed by atoms with Crippen molar-refractivity contribution in [1.82, 2.24) is 4.47 Å². The largest absolute Gasteiger partial charge is 0.451 e. The van der Waals surface area contributed by atoms with Crippen LogP contribution in [0.2, 0.25) is 0 Å². The van der Waals surface area contributed by atoms with Gasteiger partial charge in [0, 0.05) is 17.9 Å². The summed E-state index contributed by atoms with van der Waals surface area (Å²) in [6.45, 7) is 0. The standard InChI is InChI=1S/C14H16BrNO6S/c1-16(21-2)23(19,20)9-6-7-11(15)10(8-9)14(18)22-13-5-3-4-12(13)17/h6-8,13H,3-5H2,1-2H3/t13-/m0/s1. The van der Waals surface area contributed by atoms with Crippen LogP contribution in [0.1, 0.15) is 29.6 Å². The molecule has 0 aliphatic heterocycles. The van der Waals surface area contributed by atoms with Crippen LogP contribution in [-0.4, -0.2) is 44.9 Å². The lowest BCUT2D eigenvalue weighted by Gasteiger charge is -2.16. The third kappa shape index (κ3) is 3.79. The number of ether oxygens (including phenoxy) is 1. The van der Waals surface area contributed by atoms with Crippen molar-refractivity contribution in [2.24, 2.45) is 0 Å². The van der Waals surface area contributed by atoms with Gasteiger partial charge >= 0.3 is 5.97 Å². The van der Waals surface area contributed by atoms with Crippen molar-refractivity contribution in [2.75, 3.05) is 14.2 Å². The Morgan fingerprint density at radius 3 is 2.65 bits per heavy atom. The van der Waals surface area contributed by atoms with Gasteiger partial charge in [0.2, 0.25) is 0 Å². The van der Waals surface area contributed by atoms with Crippen LogP contribution in [-0.2, 0) is 24.4 Å². The first-order valence-corrected chi connectivity index (χ1v) is 9.07. The predicted octanol–water partition coefficient (Wildman–Crippen LogP) is 1.91. The van der Waals surface area contributed by atoms with Gasteiger partial charge in [-0.25, -0.2) is 13.2 Å². The molecule has 23 heavy (non-hydrogen) atoms. The van der Waals surface area contributed by atoms with Crippen molar-refractivity contribution < 1.29 is 27.6 Å². The Morgan fingerprint density at radius 2 is 2.09 bits per heavy atom. The van der Waals surface area contributed by atoms with Crippen LogP contribution in [0, 0.1) is 0 Å². The summed E-state index contributed by atoms with van der Waals surface area (Å²) in [6.07, 6.45) is 0.820. The Morgan fingerprint density at radius 1 is 1.39 bits per heavy atom. The van der Waals surface area contributed by atoms with Crippen molar-refractivity contribution >= 4 is 37.7 Å². The minimum atomic E-state index is -3.88. The molecule has 0 aromatic heterocycles. The van der Waals surface area contributed by atoms with Crippen LogP contribution >= 0.6 is 15.9 Å². The molecule has 0 N–H and O–H groups in total. The highest BCUT2D eigenvalue weighted by Gasteiger charge is 2.30. The molecule has 0 heterocycles. The second kappa shape index (κ2) is 7.08. The van der Waals surface area contributed by atoms with E-state index < -0.39 is 22.1 Å². The van der Waals surface area contributed by atoms with E-state index in [1.807, 2.05) is 0 Å². The third-order valence-electron chi connectivity index (χ3n) is 3.55. The van der Waals surface area contributed by atoms with Gasteiger partial charge in [0.05, 0.1) is 17.6 Å². The maximum Gasteiger partial charge on any atom is 0.340 e. The molecule has 9 heteroatoms. The van der Waals surface area contributed by atoms with Crippen LogP contribution in [0.4, 0.5) is 0 Å². The highest BCUT2D eigenvalue weighted by atomic mass is 79.9. The van der Waals surface area contributed by atoms with Crippen LogP contribution in [0.5, 0.6) is 0 Å². The summed E-state index contributed by atoms with van der Waals surface area (Å²) in [4.78, 5) is 28.4. The highest BCUT2D eigenvalue weighted by molar-refractivity contribution is 9.10. The summed E-state index contributed by atoms with van der Waals surface area (Å²) < 4.78 is 30.7. The molecule has 1 atom stereocenters. The van der Waals surface area contributed by atoms with Crippen molar-refractivity contribution in [3.05, 3.63) is 28.2 Å². The van der Waals surface area contributed by atoms with Crippen molar-refractivity contribution in [3.63, 3.8) is 0 Å². The zero-order valence-electron chi connectivity index (χ0n) is 12.6. The second-order valence-electron chi connectivity index (χ2n) is 4.99. The van der Waals surface area contributed by atoms with Crippen LogP contribution in [0.15, 0.2) is 27.6 Å². The zero-order chi connectivity index (χ0) is 17.2. The number of hydrogen-bond acceptors (Lipinski definition) is 6. The first kappa shape index (κ1) is 18.1. The molecule has 2 rings (SSSR count). The number of carbonyl (C=O) groups excluding carboxylic acids is 2. The molecular weight excluding hydrogens is 390 g/mol. The number of halogens is 1. The lowest BCUT2D eigenvalue weighted by atomic mass is 10.2. The minimum absolute atomic E-state index is 0.0373. The molecule has 1 fully saturated rings. The molecule has 0 spiro atoms. The first-order valence-electron chi connectivity index (χ1n) is 6.83. The van der Waals surface area contributed by atoms with E-state index in [4.69, 9.17) is 9.57 Å². The minimum Gasteiger partial charge on any atom is -0.451 e. The Labute approximate surface area is 142 Å². The van der Waals surface area contributed by atoms with Crippen LogP contribution in [0.25, 0.3) is 0 Å². The Hall–Kier alpha value is -1.29. The van der Waals surface area contributed by atoms with Gasteiger partial charge in [-0.1, -0.05) is 4.47 Å². The maximum absolute atomic E-state index is 12.2. The summed E-state index contributed by atoms with van der Waals surface area (Å²) in [6, 6.07) is 3.96. The molecule has 1 aliphatic carbocycles. The fourth-order valence-electron chi connectivity index (χ4n) is 2.17. The molecule has 1 aromatic rings. The van der Waals surface area contributed by atoms with Gasteiger partial charge in [0.15, 0.2) is 11.9 Å². The second-order valence-corrected chi connectivity index (χ2v) is 7.78. The molecule has 0 amide bonds.